The van der Waals surface area contributed by atoms with Crippen molar-refractivity contribution in [3.8, 4) is 5.75 Å². The van der Waals surface area contributed by atoms with E-state index in [0.29, 0.717) is 31.7 Å². The second kappa shape index (κ2) is 9.41. The second-order valence-electron chi connectivity index (χ2n) is 6.82. The first-order chi connectivity index (χ1) is 12.9. The molecule has 0 aromatic heterocycles. The summed E-state index contributed by atoms with van der Waals surface area (Å²) in [5.41, 5.74) is -0.789. The number of halogens is 1. The van der Waals surface area contributed by atoms with E-state index in [1.807, 2.05) is 0 Å². The Kier molecular flexibility index (Phi) is 7.69. The Hall–Kier alpha value is -1.39. The van der Waals surface area contributed by atoms with Crippen molar-refractivity contribution in [1.82, 2.24) is 14.5 Å². The zero-order chi connectivity index (χ0) is 19.5. The van der Waals surface area contributed by atoms with Crippen LogP contribution >= 0.6 is 12.4 Å². The number of piperidine rings is 1. The van der Waals surface area contributed by atoms with Crippen molar-refractivity contribution < 1.29 is 22.7 Å². The van der Waals surface area contributed by atoms with Crippen LogP contribution in [0.5, 0.6) is 5.75 Å². The van der Waals surface area contributed by atoms with E-state index < -0.39 is 15.6 Å². The summed E-state index contributed by atoms with van der Waals surface area (Å²) in [4.78, 5) is 15.0. The van der Waals surface area contributed by atoms with Crippen LogP contribution in [0.2, 0.25) is 0 Å². The van der Waals surface area contributed by atoms with E-state index in [-0.39, 0.29) is 36.3 Å². The first-order valence-electron chi connectivity index (χ1n) is 9.12. The number of rotatable bonds is 5. The summed E-state index contributed by atoms with van der Waals surface area (Å²) < 4.78 is 37.8. The number of benzene rings is 1. The van der Waals surface area contributed by atoms with Gasteiger partial charge in [-0.05, 0) is 50.2 Å². The van der Waals surface area contributed by atoms with Crippen LogP contribution in [-0.2, 0) is 19.6 Å². The van der Waals surface area contributed by atoms with E-state index in [4.69, 9.17) is 9.47 Å². The quantitative estimate of drug-likeness (QED) is 0.736. The van der Waals surface area contributed by atoms with Crippen LogP contribution in [-0.4, -0.2) is 82.6 Å². The Morgan fingerprint density at radius 2 is 1.61 bits per heavy atom. The minimum Gasteiger partial charge on any atom is -0.497 e. The lowest BCUT2D eigenvalue weighted by Gasteiger charge is -2.41. The van der Waals surface area contributed by atoms with Gasteiger partial charge in [-0.25, -0.2) is 8.42 Å². The topological polar surface area (TPSA) is 88.2 Å². The molecule has 2 fully saturated rings. The summed E-state index contributed by atoms with van der Waals surface area (Å²) >= 11 is 0. The predicted octanol–water partition coefficient (Wildman–Crippen LogP) is 0.719. The number of piperazine rings is 1. The Bertz CT molecular complexity index is 758. The molecule has 158 valence electrons. The standard InChI is InChI=1S/C18H27N3O5S.ClH/c1-25-15-3-5-16(6-4-15)27(23,24)21-13-11-20(12-14-21)17(22)18(26-2)7-9-19-10-8-18;/h3-6,19H,7-14H2,1-2H3;1H. The van der Waals surface area contributed by atoms with E-state index >= 15 is 0 Å². The van der Waals surface area contributed by atoms with Crippen LogP contribution in [0.15, 0.2) is 29.2 Å². The molecule has 1 amide bonds. The SMILES string of the molecule is COc1ccc(S(=O)(=O)N2CCN(C(=O)C3(OC)CCNCC3)CC2)cc1.Cl. The molecule has 1 aromatic carbocycles. The van der Waals surface area contributed by atoms with Crippen LogP contribution < -0.4 is 10.1 Å². The molecule has 1 aromatic rings. The first-order valence-corrected chi connectivity index (χ1v) is 10.6. The molecule has 3 rings (SSSR count). The van der Waals surface area contributed by atoms with E-state index in [2.05, 4.69) is 5.32 Å². The van der Waals surface area contributed by atoms with E-state index in [0.717, 1.165) is 13.1 Å². The number of hydrogen-bond acceptors (Lipinski definition) is 6. The van der Waals surface area contributed by atoms with Gasteiger partial charge >= 0.3 is 0 Å². The summed E-state index contributed by atoms with van der Waals surface area (Å²) in [7, 11) is -0.470. The number of methoxy groups -OCH3 is 2. The zero-order valence-corrected chi connectivity index (χ0v) is 17.9. The van der Waals surface area contributed by atoms with E-state index in [1.165, 1.54) is 11.4 Å². The van der Waals surface area contributed by atoms with Gasteiger partial charge < -0.3 is 19.7 Å². The molecule has 28 heavy (non-hydrogen) atoms. The molecule has 0 saturated carbocycles. The highest BCUT2D eigenvalue weighted by Crippen LogP contribution is 2.27. The molecule has 10 heteroatoms. The van der Waals surface area contributed by atoms with Crippen molar-refractivity contribution in [3.63, 3.8) is 0 Å². The minimum atomic E-state index is -3.58. The van der Waals surface area contributed by atoms with E-state index in [1.54, 1.807) is 36.3 Å². The third-order valence-corrected chi connectivity index (χ3v) is 7.33. The van der Waals surface area contributed by atoms with Crippen molar-refractivity contribution in [2.24, 2.45) is 0 Å². The highest BCUT2D eigenvalue weighted by atomic mass is 35.5. The number of carbonyl (C=O) groups is 1. The first kappa shape index (κ1) is 22.9. The summed E-state index contributed by atoms with van der Waals surface area (Å²) in [6, 6.07) is 6.35. The molecule has 0 bridgehead atoms. The maximum Gasteiger partial charge on any atom is 0.254 e. The number of amides is 1. The molecular formula is C18H28ClN3O5S. The lowest BCUT2D eigenvalue weighted by Crippen LogP contribution is -2.59. The average Bonchev–Trinajstić information content (AvgIpc) is 2.73. The fourth-order valence-corrected chi connectivity index (χ4v) is 5.07. The number of nitrogens with zero attached hydrogens (tertiary/aromatic N) is 2. The number of sulfonamides is 1. The Balaban J connectivity index is 0.00000280. The fourth-order valence-electron chi connectivity index (χ4n) is 3.65. The van der Waals surface area contributed by atoms with Crippen molar-refractivity contribution in [2.45, 2.75) is 23.3 Å². The lowest BCUT2D eigenvalue weighted by molar-refractivity contribution is -0.159. The van der Waals surface area contributed by atoms with Gasteiger partial charge in [-0.15, -0.1) is 12.4 Å². The largest absolute Gasteiger partial charge is 0.497 e. The second-order valence-corrected chi connectivity index (χ2v) is 8.76. The highest BCUT2D eigenvalue weighted by Gasteiger charge is 2.43. The molecule has 0 spiro atoms. The third kappa shape index (κ3) is 4.44. The molecule has 0 unspecified atom stereocenters. The molecule has 8 nitrogen and oxygen atoms in total. The van der Waals surface area contributed by atoms with Crippen molar-refractivity contribution in [1.29, 1.82) is 0 Å². The van der Waals surface area contributed by atoms with Crippen molar-refractivity contribution >= 4 is 28.3 Å². The molecule has 2 heterocycles. The van der Waals surface area contributed by atoms with Crippen LogP contribution in [0.25, 0.3) is 0 Å². The van der Waals surface area contributed by atoms with Gasteiger partial charge in [0.05, 0.1) is 12.0 Å². The third-order valence-electron chi connectivity index (χ3n) is 5.41. The normalized spacial score (nSPS) is 20.3. The maximum absolute atomic E-state index is 13.0. The number of hydrogen-bond donors (Lipinski definition) is 1. The zero-order valence-electron chi connectivity index (χ0n) is 16.2. The molecule has 2 aliphatic heterocycles. The molecule has 0 radical (unpaired) electrons. The van der Waals surface area contributed by atoms with Crippen molar-refractivity contribution in [3.05, 3.63) is 24.3 Å². The minimum absolute atomic E-state index is 0. The van der Waals surface area contributed by atoms with Gasteiger partial charge in [-0.2, -0.15) is 4.31 Å². The average molecular weight is 434 g/mol. The summed E-state index contributed by atoms with van der Waals surface area (Å²) in [5, 5.41) is 3.24. The van der Waals surface area contributed by atoms with Gasteiger partial charge in [0.1, 0.15) is 11.4 Å². The predicted molar refractivity (Wildman–Crippen MR) is 107 cm³/mol. The molecule has 0 atom stereocenters. The number of carbonyl (C=O) groups excluding carboxylic acids is 1. The molecule has 0 aliphatic carbocycles. The molecule has 1 N–H and O–H groups in total. The summed E-state index contributed by atoms with van der Waals surface area (Å²) in [5.74, 6) is 0.573. The highest BCUT2D eigenvalue weighted by molar-refractivity contribution is 7.89. The van der Waals surface area contributed by atoms with Gasteiger partial charge in [0.2, 0.25) is 10.0 Å². The fraction of sp³-hybridized carbons (Fsp3) is 0.611. The molecule has 2 aliphatic rings. The monoisotopic (exact) mass is 433 g/mol. The van der Waals surface area contributed by atoms with Crippen LogP contribution in [0, 0.1) is 0 Å². The van der Waals surface area contributed by atoms with Crippen LogP contribution in [0.4, 0.5) is 0 Å². The van der Waals surface area contributed by atoms with Crippen LogP contribution in [0.3, 0.4) is 0 Å². The maximum atomic E-state index is 13.0. The Morgan fingerprint density at radius 1 is 1.04 bits per heavy atom. The Morgan fingerprint density at radius 3 is 2.11 bits per heavy atom. The summed E-state index contributed by atoms with van der Waals surface area (Å²) in [6.45, 7) is 2.77. The molecular weight excluding hydrogens is 406 g/mol. The van der Waals surface area contributed by atoms with Gasteiger partial charge in [0.15, 0.2) is 0 Å². The number of ether oxygens (including phenoxy) is 2. The van der Waals surface area contributed by atoms with Crippen LogP contribution in [0.1, 0.15) is 12.8 Å². The van der Waals surface area contributed by atoms with Gasteiger partial charge in [-0.1, -0.05) is 0 Å². The molecule has 2 saturated heterocycles. The van der Waals surface area contributed by atoms with Gasteiger partial charge in [-0.3, -0.25) is 4.79 Å². The van der Waals surface area contributed by atoms with E-state index in [9.17, 15) is 13.2 Å². The van der Waals surface area contributed by atoms with Gasteiger partial charge in [0.25, 0.3) is 5.91 Å². The van der Waals surface area contributed by atoms with Gasteiger partial charge in [0, 0.05) is 33.3 Å². The Labute approximate surface area is 172 Å². The number of nitrogens with one attached hydrogen (secondary N) is 1. The lowest BCUT2D eigenvalue weighted by atomic mass is 9.90. The summed E-state index contributed by atoms with van der Waals surface area (Å²) in [6.07, 6.45) is 1.26. The van der Waals surface area contributed by atoms with Crippen molar-refractivity contribution in [2.75, 3.05) is 53.5 Å². The smallest absolute Gasteiger partial charge is 0.254 e.